The van der Waals surface area contributed by atoms with E-state index in [-0.39, 0.29) is 17.6 Å². The van der Waals surface area contributed by atoms with Crippen LogP contribution in [0.15, 0.2) is 60.7 Å². The molecule has 0 bridgehead atoms. The molecule has 3 aromatic rings. The van der Waals surface area contributed by atoms with Crippen molar-refractivity contribution >= 4 is 17.4 Å². The molecule has 2 heterocycles. The predicted octanol–water partition coefficient (Wildman–Crippen LogP) is 4.46. The first-order valence-corrected chi connectivity index (χ1v) is 9.22. The Morgan fingerprint density at radius 1 is 1.00 bits per heavy atom. The summed E-state index contributed by atoms with van der Waals surface area (Å²) >= 11 is 0. The third kappa shape index (κ3) is 3.19. The number of anilines is 1. The SMILES string of the molecule is Cc1ccc(C)c(NC(=O)[C@@H]2CCn3c(C(=O)c4ccccc4)ccc32)c1. The summed E-state index contributed by atoms with van der Waals surface area (Å²) in [6, 6.07) is 19.1. The van der Waals surface area contributed by atoms with Crippen LogP contribution < -0.4 is 5.32 Å². The van der Waals surface area contributed by atoms with E-state index in [1.165, 1.54) is 0 Å². The van der Waals surface area contributed by atoms with Gasteiger partial charge >= 0.3 is 0 Å². The maximum atomic E-state index is 12.9. The zero-order valence-electron chi connectivity index (χ0n) is 15.5. The monoisotopic (exact) mass is 358 g/mol. The molecule has 4 rings (SSSR count). The van der Waals surface area contributed by atoms with Gasteiger partial charge in [0.15, 0.2) is 0 Å². The van der Waals surface area contributed by atoms with Crippen LogP contribution in [0.2, 0.25) is 0 Å². The quantitative estimate of drug-likeness (QED) is 0.700. The van der Waals surface area contributed by atoms with E-state index in [9.17, 15) is 9.59 Å². The lowest BCUT2D eigenvalue weighted by Gasteiger charge is -2.13. The standard InChI is InChI=1S/C23H22N2O2/c1-15-8-9-16(2)19(14-15)24-23(27)18-12-13-25-20(18)10-11-21(25)22(26)17-6-4-3-5-7-17/h3-11,14,18H,12-13H2,1-2H3,(H,24,27)/t18-/m1/s1. The second-order valence-electron chi connectivity index (χ2n) is 7.14. The van der Waals surface area contributed by atoms with Gasteiger partial charge in [-0.3, -0.25) is 9.59 Å². The number of hydrogen-bond donors (Lipinski definition) is 1. The smallest absolute Gasteiger partial charge is 0.233 e. The van der Waals surface area contributed by atoms with Crippen molar-refractivity contribution in [3.8, 4) is 0 Å². The summed E-state index contributed by atoms with van der Waals surface area (Å²) in [5.41, 5.74) is 5.24. The molecule has 0 radical (unpaired) electrons. The van der Waals surface area contributed by atoms with E-state index in [1.54, 1.807) is 0 Å². The van der Waals surface area contributed by atoms with Crippen LogP contribution in [-0.4, -0.2) is 16.3 Å². The average molecular weight is 358 g/mol. The lowest BCUT2D eigenvalue weighted by molar-refractivity contribution is -0.117. The number of nitrogens with one attached hydrogen (secondary N) is 1. The van der Waals surface area contributed by atoms with Crippen LogP contribution in [0.5, 0.6) is 0 Å². The van der Waals surface area contributed by atoms with Gasteiger partial charge in [0.25, 0.3) is 0 Å². The molecule has 2 aromatic carbocycles. The van der Waals surface area contributed by atoms with E-state index < -0.39 is 0 Å². The number of amides is 1. The highest BCUT2D eigenvalue weighted by molar-refractivity contribution is 6.08. The largest absolute Gasteiger partial charge is 0.341 e. The number of aryl methyl sites for hydroxylation is 2. The number of aromatic nitrogens is 1. The Morgan fingerprint density at radius 3 is 2.56 bits per heavy atom. The van der Waals surface area contributed by atoms with Crippen LogP contribution in [-0.2, 0) is 11.3 Å². The molecule has 1 amide bonds. The second kappa shape index (κ2) is 6.88. The summed E-state index contributed by atoms with van der Waals surface area (Å²) in [4.78, 5) is 25.7. The number of carbonyl (C=O) groups excluding carboxylic acids is 2. The molecular formula is C23H22N2O2. The summed E-state index contributed by atoms with van der Waals surface area (Å²) in [5, 5.41) is 3.07. The third-order valence-electron chi connectivity index (χ3n) is 5.25. The zero-order chi connectivity index (χ0) is 19.0. The summed E-state index contributed by atoms with van der Waals surface area (Å²) in [6.45, 7) is 4.68. The number of benzene rings is 2. The van der Waals surface area contributed by atoms with Gasteiger partial charge in [-0.1, -0.05) is 42.5 Å². The zero-order valence-corrected chi connectivity index (χ0v) is 15.5. The molecule has 27 heavy (non-hydrogen) atoms. The Labute approximate surface area is 158 Å². The van der Waals surface area contributed by atoms with Crippen molar-refractivity contribution in [3.05, 3.63) is 88.7 Å². The van der Waals surface area contributed by atoms with Gasteiger partial charge in [-0.15, -0.1) is 0 Å². The van der Waals surface area contributed by atoms with Gasteiger partial charge < -0.3 is 9.88 Å². The Morgan fingerprint density at radius 2 is 1.78 bits per heavy atom. The molecular weight excluding hydrogens is 336 g/mol. The fourth-order valence-corrected chi connectivity index (χ4v) is 3.73. The number of nitrogens with zero attached hydrogens (tertiary/aromatic N) is 1. The van der Waals surface area contributed by atoms with Crippen LogP contribution in [0.4, 0.5) is 5.69 Å². The van der Waals surface area contributed by atoms with E-state index in [1.807, 2.05) is 79.1 Å². The van der Waals surface area contributed by atoms with Crippen LogP contribution >= 0.6 is 0 Å². The molecule has 1 N–H and O–H groups in total. The Bertz CT molecular complexity index is 1020. The lowest BCUT2D eigenvalue weighted by atomic mass is 10.0. The molecule has 0 fully saturated rings. The number of fused-ring (bicyclic) bond motifs is 1. The van der Waals surface area contributed by atoms with Gasteiger partial charge in [0, 0.05) is 23.5 Å². The van der Waals surface area contributed by atoms with Crippen LogP contribution in [0.25, 0.3) is 0 Å². The molecule has 0 aliphatic carbocycles. The molecule has 0 saturated heterocycles. The maximum Gasteiger partial charge on any atom is 0.233 e. The number of hydrogen-bond acceptors (Lipinski definition) is 2. The van der Waals surface area contributed by atoms with Crippen molar-refractivity contribution in [3.63, 3.8) is 0 Å². The molecule has 136 valence electrons. The van der Waals surface area contributed by atoms with E-state index >= 15 is 0 Å². The summed E-state index contributed by atoms with van der Waals surface area (Å²) in [7, 11) is 0. The Balaban J connectivity index is 1.58. The average Bonchev–Trinajstić information content (AvgIpc) is 3.27. The first-order valence-electron chi connectivity index (χ1n) is 9.22. The molecule has 1 aliphatic rings. The van der Waals surface area contributed by atoms with E-state index in [4.69, 9.17) is 0 Å². The van der Waals surface area contributed by atoms with Crippen molar-refractivity contribution in [2.45, 2.75) is 32.7 Å². The fourth-order valence-electron chi connectivity index (χ4n) is 3.73. The highest BCUT2D eigenvalue weighted by Gasteiger charge is 2.32. The van der Waals surface area contributed by atoms with Crippen molar-refractivity contribution in [2.75, 3.05) is 5.32 Å². The minimum Gasteiger partial charge on any atom is -0.341 e. The van der Waals surface area contributed by atoms with Crippen LogP contribution in [0.1, 0.15) is 45.2 Å². The molecule has 4 nitrogen and oxygen atoms in total. The van der Waals surface area contributed by atoms with Crippen LogP contribution in [0.3, 0.4) is 0 Å². The molecule has 0 spiro atoms. The van der Waals surface area contributed by atoms with Gasteiger partial charge in [-0.25, -0.2) is 0 Å². The van der Waals surface area contributed by atoms with Crippen molar-refractivity contribution in [2.24, 2.45) is 0 Å². The van der Waals surface area contributed by atoms with E-state index in [0.717, 1.165) is 22.5 Å². The third-order valence-corrected chi connectivity index (χ3v) is 5.25. The molecule has 1 aliphatic heterocycles. The molecule has 4 heteroatoms. The van der Waals surface area contributed by atoms with Gasteiger partial charge in [-0.2, -0.15) is 0 Å². The Hall–Kier alpha value is -3.14. The van der Waals surface area contributed by atoms with Gasteiger partial charge in [0.05, 0.1) is 11.6 Å². The second-order valence-corrected chi connectivity index (χ2v) is 7.14. The summed E-state index contributed by atoms with van der Waals surface area (Å²) in [5.74, 6) is -0.251. The normalized spacial score (nSPS) is 15.4. The molecule has 0 unspecified atom stereocenters. The number of rotatable bonds is 4. The first kappa shape index (κ1) is 17.3. The minimum atomic E-state index is -0.234. The lowest BCUT2D eigenvalue weighted by Crippen LogP contribution is -2.20. The maximum absolute atomic E-state index is 12.9. The van der Waals surface area contributed by atoms with Crippen molar-refractivity contribution in [1.82, 2.24) is 4.57 Å². The number of carbonyl (C=O) groups is 2. The molecule has 0 saturated carbocycles. The van der Waals surface area contributed by atoms with E-state index in [0.29, 0.717) is 24.2 Å². The van der Waals surface area contributed by atoms with Crippen LogP contribution in [0, 0.1) is 13.8 Å². The van der Waals surface area contributed by atoms with E-state index in [2.05, 4.69) is 5.32 Å². The highest BCUT2D eigenvalue weighted by Crippen LogP contribution is 2.32. The predicted molar refractivity (Wildman–Crippen MR) is 106 cm³/mol. The fraction of sp³-hybridized carbons (Fsp3) is 0.217. The highest BCUT2D eigenvalue weighted by atomic mass is 16.2. The van der Waals surface area contributed by atoms with Gasteiger partial charge in [0.1, 0.15) is 0 Å². The minimum absolute atomic E-state index is 0.00237. The van der Waals surface area contributed by atoms with Gasteiger partial charge in [-0.05, 0) is 49.6 Å². The first-order chi connectivity index (χ1) is 13.0. The molecule has 1 atom stereocenters. The summed E-state index contributed by atoms with van der Waals surface area (Å²) < 4.78 is 1.99. The topological polar surface area (TPSA) is 51.1 Å². The van der Waals surface area contributed by atoms with Gasteiger partial charge in [0.2, 0.25) is 11.7 Å². The molecule has 1 aromatic heterocycles. The Kier molecular flexibility index (Phi) is 4.40. The van der Waals surface area contributed by atoms with Crippen molar-refractivity contribution < 1.29 is 9.59 Å². The number of ketones is 1. The summed E-state index contributed by atoms with van der Waals surface area (Å²) in [6.07, 6.45) is 0.710. The van der Waals surface area contributed by atoms with Crippen molar-refractivity contribution in [1.29, 1.82) is 0 Å².